The molecule has 0 bridgehead atoms. The predicted molar refractivity (Wildman–Crippen MR) is 104 cm³/mol. The lowest BCUT2D eigenvalue weighted by Crippen LogP contribution is -2.47. The van der Waals surface area contributed by atoms with E-state index in [4.69, 9.17) is 0 Å². The average molecular weight is 410 g/mol. The highest BCUT2D eigenvalue weighted by atomic mass is 127. The minimum atomic E-state index is 0. The summed E-state index contributed by atoms with van der Waals surface area (Å²) in [4.78, 5) is 6.87. The highest BCUT2D eigenvalue weighted by Gasteiger charge is 2.15. The predicted octanol–water partition coefficient (Wildman–Crippen LogP) is 3.08. The molecule has 0 aliphatic carbocycles. The molecule has 0 atom stereocenters. The monoisotopic (exact) mass is 410 g/mol. The number of hydrogen-bond donors (Lipinski definition) is 2. The zero-order valence-electron chi connectivity index (χ0n) is 14.5. The summed E-state index contributed by atoms with van der Waals surface area (Å²) in [5.74, 6) is 1.84. The quantitative estimate of drug-likeness (QED) is 0.317. The maximum absolute atomic E-state index is 4.25. The molecule has 1 rings (SSSR count). The largest absolute Gasteiger partial charge is 0.356 e. The molecule has 4 nitrogen and oxygen atoms in total. The third kappa shape index (κ3) is 10.3. The number of likely N-dealkylation sites (tertiary alicyclic amines) is 1. The van der Waals surface area contributed by atoms with E-state index < -0.39 is 0 Å². The second-order valence-corrected chi connectivity index (χ2v) is 7.11. The summed E-state index contributed by atoms with van der Waals surface area (Å²) in [6.07, 6.45) is 5.23. The number of nitrogens with zero attached hydrogens (tertiary/aromatic N) is 2. The van der Waals surface area contributed by atoms with Crippen molar-refractivity contribution in [3.8, 4) is 0 Å². The van der Waals surface area contributed by atoms with Gasteiger partial charge in [-0.05, 0) is 72.0 Å². The van der Waals surface area contributed by atoms with Crippen LogP contribution in [0, 0.1) is 5.92 Å². The van der Waals surface area contributed by atoms with Crippen LogP contribution in [0.25, 0.3) is 0 Å². The molecule has 0 radical (unpaired) electrons. The number of halogens is 1. The average Bonchev–Trinajstić information content (AvgIpc) is 2.37. The molecule has 1 heterocycles. The van der Waals surface area contributed by atoms with E-state index in [-0.39, 0.29) is 29.5 Å². The molecular formula is C16H35IN4. The summed E-state index contributed by atoms with van der Waals surface area (Å²) >= 11 is 0. The van der Waals surface area contributed by atoms with E-state index in [2.05, 4.69) is 48.2 Å². The van der Waals surface area contributed by atoms with Gasteiger partial charge >= 0.3 is 0 Å². The van der Waals surface area contributed by atoms with Crippen molar-refractivity contribution < 1.29 is 0 Å². The smallest absolute Gasteiger partial charge is 0.191 e. The van der Waals surface area contributed by atoms with Gasteiger partial charge in [-0.15, -0.1) is 24.0 Å². The first-order valence-corrected chi connectivity index (χ1v) is 8.12. The third-order valence-corrected chi connectivity index (χ3v) is 3.79. The Balaban J connectivity index is 0.00000400. The van der Waals surface area contributed by atoms with Gasteiger partial charge in [0.25, 0.3) is 0 Å². The molecule has 0 amide bonds. The van der Waals surface area contributed by atoms with Gasteiger partial charge in [-0.2, -0.15) is 0 Å². The molecule has 0 aromatic heterocycles. The first kappa shape index (κ1) is 21.0. The topological polar surface area (TPSA) is 39.7 Å². The molecule has 5 heteroatoms. The van der Waals surface area contributed by atoms with Gasteiger partial charge in [-0.25, -0.2) is 0 Å². The second kappa shape index (κ2) is 10.6. The molecular weight excluding hydrogens is 375 g/mol. The van der Waals surface area contributed by atoms with Crippen molar-refractivity contribution in [2.75, 3.05) is 33.2 Å². The number of hydrogen-bond acceptors (Lipinski definition) is 2. The van der Waals surface area contributed by atoms with Crippen molar-refractivity contribution in [1.29, 1.82) is 0 Å². The molecule has 1 fully saturated rings. The maximum Gasteiger partial charge on any atom is 0.191 e. The second-order valence-electron chi connectivity index (χ2n) is 7.11. The van der Waals surface area contributed by atoms with Crippen molar-refractivity contribution in [3.05, 3.63) is 0 Å². The molecule has 21 heavy (non-hydrogen) atoms. The van der Waals surface area contributed by atoms with Crippen molar-refractivity contribution in [2.45, 2.75) is 58.9 Å². The Morgan fingerprint density at radius 1 is 1.19 bits per heavy atom. The van der Waals surface area contributed by atoms with Crippen LogP contribution in [0.5, 0.6) is 0 Å². The lowest BCUT2D eigenvalue weighted by atomic mass is 9.99. The summed E-state index contributed by atoms with van der Waals surface area (Å²) in [6, 6.07) is 0. The summed E-state index contributed by atoms with van der Waals surface area (Å²) in [5, 5.41) is 6.77. The normalized spacial score (nSPS) is 18.2. The van der Waals surface area contributed by atoms with Gasteiger partial charge in [0.05, 0.1) is 0 Å². The first-order valence-electron chi connectivity index (χ1n) is 8.12. The number of rotatable bonds is 5. The van der Waals surface area contributed by atoms with Gasteiger partial charge in [0.2, 0.25) is 0 Å². The molecule has 2 N–H and O–H groups in total. The lowest BCUT2D eigenvalue weighted by molar-refractivity contribution is 0.189. The van der Waals surface area contributed by atoms with Crippen LogP contribution in [0.2, 0.25) is 0 Å². The molecule has 1 aliphatic heterocycles. The molecule has 0 unspecified atom stereocenters. The van der Waals surface area contributed by atoms with Gasteiger partial charge < -0.3 is 15.5 Å². The summed E-state index contributed by atoms with van der Waals surface area (Å²) in [5.41, 5.74) is 0.0618. The SMILES string of the molecule is CN=C(NCCCCN1CCC(C)CC1)NC(C)(C)C.I. The Bertz CT molecular complexity index is 291. The van der Waals surface area contributed by atoms with Crippen molar-refractivity contribution in [1.82, 2.24) is 15.5 Å². The number of nitrogens with one attached hydrogen (secondary N) is 2. The molecule has 0 aromatic carbocycles. The van der Waals surface area contributed by atoms with Crippen LogP contribution < -0.4 is 10.6 Å². The van der Waals surface area contributed by atoms with Gasteiger partial charge in [0.1, 0.15) is 0 Å². The van der Waals surface area contributed by atoms with Crippen molar-refractivity contribution in [3.63, 3.8) is 0 Å². The minimum Gasteiger partial charge on any atom is -0.356 e. The van der Waals surface area contributed by atoms with Crippen LogP contribution in [0.4, 0.5) is 0 Å². The highest BCUT2D eigenvalue weighted by molar-refractivity contribution is 14.0. The molecule has 126 valence electrons. The van der Waals surface area contributed by atoms with Crippen LogP contribution >= 0.6 is 24.0 Å². The Kier molecular flexibility index (Phi) is 10.6. The van der Waals surface area contributed by atoms with Crippen LogP contribution in [-0.2, 0) is 0 Å². The molecule has 0 saturated carbocycles. The van der Waals surface area contributed by atoms with E-state index in [0.717, 1.165) is 18.4 Å². The van der Waals surface area contributed by atoms with Crippen LogP contribution in [0.15, 0.2) is 4.99 Å². The zero-order chi connectivity index (χ0) is 15.0. The fourth-order valence-corrected chi connectivity index (χ4v) is 2.49. The molecule has 0 spiro atoms. The van der Waals surface area contributed by atoms with Crippen LogP contribution in [0.1, 0.15) is 53.4 Å². The molecule has 1 aliphatic rings. The fourth-order valence-electron chi connectivity index (χ4n) is 2.49. The third-order valence-electron chi connectivity index (χ3n) is 3.79. The van der Waals surface area contributed by atoms with E-state index in [1.165, 1.54) is 45.3 Å². The summed E-state index contributed by atoms with van der Waals surface area (Å²) in [7, 11) is 1.83. The van der Waals surface area contributed by atoms with Gasteiger partial charge in [0, 0.05) is 19.1 Å². The lowest BCUT2D eigenvalue weighted by Gasteiger charge is -2.30. The highest BCUT2D eigenvalue weighted by Crippen LogP contribution is 2.15. The fraction of sp³-hybridized carbons (Fsp3) is 0.938. The van der Waals surface area contributed by atoms with E-state index >= 15 is 0 Å². The number of piperidine rings is 1. The first-order chi connectivity index (χ1) is 9.40. The van der Waals surface area contributed by atoms with E-state index in [0.29, 0.717) is 0 Å². The van der Waals surface area contributed by atoms with Gasteiger partial charge in [-0.1, -0.05) is 6.92 Å². The Hall–Kier alpha value is -0.0400. The van der Waals surface area contributed by atoms with Crippen molar-refractivity contribution >= 4 is 29.9 Å². The van der Waals surface area contributed by atoms with E-state index in [1.807, 2.05) is 7.05 Å². The molecule has 0 aromatic rings. The van der Waals surface area contributed by atoms with Gasteiger partial charge in [0.15, 0.2) is 5.96 Å². The maximum atomic E-state index is 4.25. The summed E-state index contributed by atoms with van der Waals surface area (Å²) < 4.78 is 0. The van der Waals surface area contributed by atoms with E-state index in [9.17, 15) is 0 Å². The van der Waals surface area contributed by atoms with Crippen LogP contribution in [0.3, 0.4) is 0 Å². The number of guanidine groups is 1. The number of aliphatic imine (C=N–C) groups is 1. The zero-order valence-corrected chi connectivity index (χ0v) is 16.9. The minimum absolute atomic E-state index is 0. The van der Waals surface area contributed by atoms with Crippen molar-refractivity contribution in [2.24, 2.45) is 10.9 Å². The summed E-state index contributed by atoms with van der Waals surface area (Å²) in [6.45, 7) is 13.7. The Labute approximate surface area is 148 Å². The Morgan fingerprint density at radius 2 is 1.81 bits per heavy atom. The number of unbranched alkanes of at least 4 members (excludes halogenated alkanes) is 1. The van der Waals surface area contributed by atoms with Gasteiger partial charge in [-0.3, -0.25) is 4.99 Å². The molecule has 1 saturated heterocycles. The Morgan fingerprint density at radius 3 is 2.33 bits per heavy atom. The van der Waals surface area contributed by atoms with Crippen LogP contribution in [-0.4, -0.2) is 49.6 Å². The standard InChI is InChI=1S/C16H34N4.HI/c1-14-8-12-20(13-9-14)11-7-6-10-18-15(17-5)19-16(2,3)4;/h14H,6-13H2,1-5H3,(H2,17,18,19);1H. The van der Waals surface area contributed by atoms with E-state index in [1.54, 1.807) is 0 Å².